The number of hydrogen-bond donors (Lipinski definition) is 0. The Balaban J connectivity index is 1.59. The summed E-state index contributed by atoms with van der Waals surface area (Å²) in [5.41, 5.74) is -3.22. The minimum Gasteiger partial charge on any atom is -0.494 e. The molecule has 2 heterocycles. The zero-order valence-electron chi connectivity index (χ0n) is 24.7. The summed E-state index contributed by atoms with van der Waals surface area (Å²) in [6, 6.07) is 4.63. The van der Waals surface area contributed by atoms with Gasteiger partial charge in [-0.3, -0.25) is 14.6 Å². The number of carbonyl (C=O) groups excluding carboxylic acids is 1. The molecule has 0 bridgehead atoms. The van der Waals surface area contributed by atoms with E-state index in [4.69, 9.17) is 14.2 Å². The number of amides is 1. The van der Waals surface area contributed by atoms with Gasteiger partial charge in [0.05, 0.1) is 30.9 Å². The topological polar surface area (TPSA) is 54.5 Å². The van der Waals surface area contributed by atoms with E-state index in [2.05, 4.69) is 9.80 Å². The van der Waals surface area contributed by atoms with Crippen molar-refractivity contribution < 1.29 is 49.7 Å². The van der Waals surface area contributed by atoms with Crippen LogP contribution >= 0.6 is 0 Å². The SMILES string of the molecule is COC[C@@H]1C[C@@H](OC)CN1CCN1CCN(C(=O)c2cc(C(F)(F)F)cc(C(F)(F)F)c2)[C@H](Cc2ccc(F)c(OC)c2)C1. The van der Waals surface area contributed by atoms with Gasteiger partial charge in [-0.2, -0.15) is 26.3 Å². The van der Waals surface area contributed by atoms with Crippen LogP contribution in [-0.4, -0.2) is 106 Å². The van der Waals surface area contributed by atoms with E-state index in [0.29, 0.717) is 50.5 Å². The smallest absolute Gasteiger partial charge is 0.416 e. The fourth-order valence-corrected chi connectivity index (χ4v) is 5.93. The van der Waals surface area contributed by atoms with E-state index in [1.807, 2.05) is 0 Å². The zero-order valence-corrected chi connectivity index (χ0v) is 24.7. The first-order valence-corrected chi connectivity index (χ1v) is 14.1. The molecule has 7 nitrogen and oxygen atoms in total. The highest BCUT2D eigenvalue weighted by atomic mass is 19.4. The van der Waals surface area contributed by atoms with Crippen molar-refractivity contribution in [1.29, 1.82) is 0 Å². The number of ether oxygens (including phenoxy) is 3. The maximum atomic E-state index is 14.1. The van der Waals surface area contributed by atoms with Crippen molar-refractivity contribution in [2.24, 2.45) is 0 Å². The summed E-state index contributed by atoms with van der Waals surface area (Å²) in [6.07, 6.45) is -9.11. The number of likely N-dealkylation sites (tertiary alicyclic amines) is 1. The molecule has 2 saturated heterocycles. The number of nitrogens with zero attached hydrogens (tertiary/aromatic N) is 3. The minimum absolute atomic E-state index is 0.000329. The number of halogens is 7. The Kier molecular flexibility index (Phi) is 10.8. The molecule has 2 aliphatic rings. The number of methoxy groups -OCH3 is 3. The van der Waals surface area contributed by atoms with E-state index >= 15 is 0 Å². The van der Waals surface area contributed by atoms with E-state index in [1.165, 1.54) is 30.2 Å². The van der Waals surface area contributed by atoms with Crippen molar-refractivity contribution >= 4 is 5.91 Å². The quantitative estimate of drug-likeness (QED) is 0.344. The lowest BCUT2D eigenvalue weighted by Gasteiger charge is -2.42. The van der Waals surface area contributed by atoms with Gasteiger partial charge in [0, 0.05) is 71.1 Å². The molecule has 44 heavy (non-hydrogen) atoms. The molecule has 2 aromatic rings. The Hall–Kier alpha value is -2.94. The lowest BCUT2D eigenvalue weighted by molar-refractivity contribution is -0.143. The van der Waals surface area contributed by atoms with Gasteiger partial charge in [0.2, 0.25) is 0 Å². The van der Waals surface area contributed by atoms with Crippen molar-refractivity contribution in [2.45, 2.75) is 43.4 Å². The van der Waals surface area contributed by atoms with Gasteiger partial charge in [-0.1, -0.05) is 6.07 Å². The van der Waals surface area contributed by atoms with E-state index in [0.717, 1.165) is 13.0 Å². The van der Waals surface area contributed by atoms with E-state index in [-0.39, 0.29) is 36.9 Å². The molecule has 2 fully saturated rings. The van der Waals surface area contributed by atoms with E-state index < -0.39 is 46.8 Å². The van der Waals surface area contributed by atoms with Crippen LogP contribution in [0.2, 0.25) is 0 Å². The van der Waals surface area contributed by atoms with Crippen LogP contribution in [0.1, 0.15) is 33.5 Å². The maximum Gasteiger partial charge on any atom is 0.416 e. The minimum atomic E-state index is -5.09. The average molecular weight is 636 g/mol. The average Bonchev–Trinajstić information content (AvgIpc) is 3.37. The van der Waals surface area contributed by atoms with Crippen LogP contribution in [0.4, 0.5) is 30.7 Å². The fraction of sp³-hybridized carbons (Fsp3) is 0.567. The van der Waals surface area contributed by atoms with Crippen LogP contribution in [0.15, 0.2) is 36.4 Å². The van der Waals surface area contributed by atoms with Gasteiger partial charge >= 0.3 is 12.4 Å². The number of benzene rings is 2. The van der Waals surface area contributed by atoms with Crippen LogP contribution < -0.4 is 4.74 Å². The second kappa shape index (κ2) is 14.0. The molecule has 1 amide bonds. The molecule has 0 radical (unpaired) electrons. The van der Waals surface area contributed by atoms with Gasteiger partial charge in [0.1, 0.15) is 0 Å². The van der Waals surface area contributed by atoms with E-state index in [1.54, 1.807) is 14.2 Å². The molecule has 0 spiro atoms. The number of carbonyl (C=O) groups is 1. The molecule has 0 unspecified atom stereocenters. The second-order valence-electron chi connectivity index (χ2n) is 11.1. The standard InChI is InChI=1S/C30H36F7N3O4/c1-42-18-24-15-25(43-2)17-39(24)8-6-38-7-9-40(23(16-38)10-19-4-5-26(31)27(11-19)44-3)28(41)20-12-21(29(32,33)34)14-22(13-20)30(35,36)37/h4-5,11-14,23-25H,6-10,15-18H2,1-3H3/t23-,24+,25-/m1/s1. The van der Waals surface area contributed by atoms with Crippen LogP contribution in [-0.2, 0) is 28.2 Å². The van der Waals surface area contributed by atoms with Crippen LogP contribution in [0.5, 0.6) is 5.75 Å². The number of alkyl halides is 6. The monoisotopic (exact) mass is 635 g/mol. The van der Waals surface area contributed by atoms with Crippen LogP contribution in [0.3, 0.4) is 0 Å². The van der Waals surface area contributed by atoms with Gasteiger partial charge in [-0.05, 0) is 48.7 Å². The van der Waals surface area contributed by atoms with Gasteiger partial charge in [-0.25, -0.2) is 4.39 Å². The lowest BCUT2D eigenvalue weighted by atomic mass is 9.99. The Morgan fingerprint density at radius 2 is 1.57 bits per heavy atom. The highest BCUT2D eigenvalue weighted by molar-refractivity contribution is 5.95. The summed E-state index contributed by atoms with van der Waals surface area (Å²) in [5.74, 6) is -1.56. The third kappa shape index (κ3) is 8.20. The Morgan fingerprint density at radius 1 is 0.886 bits per heavy atom. The molecular formula is C30H36F7N3O4. The molecule has 3 atom stereocenters. The molecule has 14 heteroatoms. The predicted octanol–water partition coefficient (Wildman–Crippen LogP) is 4.98. The second-order valence-corrected chi connectivity index (χ2v) is 11.1. The molecule has 2 aromatic carbocycles. The molecule has 0 aliphatic carbocycles. The highest BCUT2D eigenvalue weighted by Gasteiger charge is 2.39. The summed E-state index contributed by atoms with van der Waals surface area (Å²) < 4.78 is 111. The lowest BCUT2D eigenvalue weighted by Crippen LogP contribution is -2.57. The molecule has 4 rings (SSSR count). The van der Waals surface area contributed by atoms with Crippen molar-refractivity contribution in [1.82, 2.24) is 14.7 Å². The molecule has 0 saturated carbocycles. The van der Waals surface area contributed by atoms with Crippen molar-refractivity contribution in [3.05, 3.63) is 64.5 Å². The molecule has 0 aromatic heterocycles. The Morgan fingerprint density at radius 3 is 2.16 bits per heavy atom. The summed E-state index contributed by atoms with van der Waals surface area (Å²) in [6.45, 7) is 3.25. The summed E-state index contributed by atoms with van der Waals surface area (Å²) in [7, 11) is 4.59. The Labute approximate surface area is 251 Å². The third-order valence-electron chi connectivity index (χ3n) is 8.23. The van der Waals surface area contributed by atoms with Gasteiger partial charge in [0.25, 0.3) is 5.91 Å². The summed E-state index contributed by atoms with van der Waals surface area (Å²) in [4.78, 5) is 19.3. The third-order valence-corrected chi connectivity index (χ3v) is 8.23. The normalized spacial score (nSPS) is 22.0. The molecule has 0 N–H and O–H groups in total. The van der Waals surface area contributed by atoms with Crippen molar-refractivity contribution in [3.8, 4) is 5.75 Å². The number of piperazine rings is 1. The van der Waals surface area contributed by atoms with Gasteiger partial charge < -0.3 is 19.1 Å². The number of rotatable bonds is 10. The summed E-state index contributed by atoms with van der Waals surface area (Å²) >= 11 is 0. The first kappa shape index (κ1) is 33.9. The van der Waals surface area contributed by atoms with Gasteiger partial charge in [0.15, 0.2) is 11.6 Å². The molecule has 2 aliphatic heterocycles. The van der Waals surface area contributed by atoms with Crippen molar-refractivity contribution in [2.75, 3.05) is 67.2 Å². The number of hydrogen-bond acceptors (Lipinski definition) is 6. The first-order valence-electron chi connectivity index (χ1n) is 14.1. The Bertz CT molecular complexity index is 1260. The van der Waals surface area contributed by atoms with Crippen LogP contribution in [0.25, 0.3) is 0 Å². The molecular weight excluding hydrogens is 599 g/mol. The predicted molar refractivity (Wildman–Crippen MR) is 147 cm³/mol. The maximum absolute atomic E-state index is 14.1. The summed E-state index contributed by atoms with van der Waals surface area (Å²) in [5, 5.41) is 0. The molecule has 244 valence electrons. The highest BCUT2D eigenvalue weighted by Crippen LogP contribution is 2.37. The van der Waals surface area contributed by atoms with Crippen LogP contribution in [0, 0.1) is 5.82 Å². The van der Waals surface area contributed by atoms with Gasteiger partial charge in [-0.15, -0.1) is 0 Å². The first-order chi connectivity index (χ1) is 20.7. The van der Waals surface area contributed by atoms with Crippen molar-refractivity contribution in [3.63, 3.8) is 0 Å². The van der Waals surface area contributed by atoms with E-state index in [9.17, 15) is 35.5 Å². The fourth-order valence-electron chi connectivity index (χ4n) is 5.93. The zero-order chi connectivity index (χ0) is 32.2. The largest absolute Gasteiger partial charge is 0.494 e.